The van der Waals surface area contributed by atoms with E-state index in [0.717, 1.165) is 41.8 Å². The Labute approximate surface area is 207 Å². The van der Waals surface area contributed by atoms with Gasteiger partial charge in [-0.15, -0.1) is 0 Å². The molecule has 0 aliphatic carbocycles. The predicted octanol–water partition coefficient (Wildman–Crippen LogP) is 6.20. The number of aryl methyl sites for hydroxylation is 1. The van der Waals surface area contributed by atoms with Gasteiger partial charge in [0.25, 0.3) is 0 Å². The van der Waals surface area contributed by atoms with Crippen LogP contribution in [0, 0.1) is 6.92 Å². The van der Waals surface area contributed by atoms with Gasteiger partial charge in [0.2, 0.25) is 0 Å². The monoisotopic (exact) mass is 478 g/mol. The molecule has 180 valence electrons. The number of anilines is 1. The van der Waals surface area contributed by atoms with Crippen molar-refractivity contribution in [2.75, 3.05) is 32.2 Å². The zero-order valence-corrected chi connectivity index (χ0v) is 21.5. The van der Waals surface area contributed by atoms with Crippen molar-refractivity contribution in [3.8, 4) is 17.2 Å². The summed E-state index contributed by atoms with van der Waals surface area (Å²) in [6.45, 7) is 9.55. The van der Waals surface area contributed by atoms with E-state index in [9.17, 15) is 0 Å². The maximum absolute atomic E-state index is 5.91. The quantitative estimate of drug-likeness (QED) is 0.359. The van der Waals surface area contributed by atoms with Crippen LogP contribution >= 0.6 is 12.0 Å². The zero-order chi connectivity index (χ0) is 24.1. The Balaban J connectivity index is 1.35. The smallest absolute Gasteiger partial charge is 0.161 e. The van der Waals surface area contributed by atoms with Crippen LogP contribution in [-0.4, -0.2) is 44.3 Å². The lowest BCUT2D eigenvalue weighted by Gasteiger charge is -2.45. The highest BCUT2D eigenvalue weighted by molar-refractivity contribution is 7.95. The van der Waals surface area contributed by atoms with Crippen LogP contribution < -0.4 is 18.6 Å². The molecule has 1 aliphatic rings. The van der Waals surface area contributed by atoms with Gasteiger partial charge in [-0.1, -0.05) is 23.8 Å². The van der Waals surface area contributed by atoms with Gasteiger partial charge in [-0.3, -0.25) is 4.90 Å². The summed E-state index contributed by atoms with van der Waals surface area (Å²) < 4.78 is 16.8. The molecule has 0 amide bonds. The molecule has 1 saturated heterocycles. The average Bonchev–Trinajstić information content (AvgIpc) is 2.86. The Hall–Kier alpha value is -2.83. The lowest BCUT2D eigenvalue weighted by molar-refractivity contribution is 0.123. The van der Waals surface area contributed by atoms with Gasteiger partial charge in [-0.25, -0.2) is 0 Å². The fourth-order valence-electron chi connectivity index (χ4n) is 4.47. The van der Waals surface area contributed by atoms with Crippen LogP contribution in [0.5, 0.6) is 17.2 Å². The Bertz CT molecular complexity index is 1060. The van der Waals surface area contributed by atoms with Crippen LogP contribution in [0.15, 0.2) is 71.6 Å². The molecule has 1 fully saturated rings. The van der Waals surface area contributed by atoms with Gasteiger partial charge in [0.15, 0.2) is 11.5 Å². The number of piperazine rings is 1. The van der Waals surface area contributed by atoms with Gasteiger partial charge >= 0.3 is 0 Å². The number of hydrogen-bond acceptors (Lipinski definition) is 6. The van der Waals surface area contributed by atoms with E-state index in [1.54, 1.807) is 14.2 Å². The van der Waals surface area contributed by atoms with Gasteiger partial charge in [0, 0.05) is 42.3 Å². The number of hydrogen-bond donors (Lipinski definition) is 0. The Morgan fingerprint density at radius 1 is 0.824 bits per heavy atom. The molecular formula is C28H34N2O3S. The van der Waals surface area contributed by atoms with Crippen molar-refractivity contribution in [2.45, 2.75) is 44.3 Å². The summed E-state index contributed by atoms with van der Waals surface area (Å²) in [7, 11) is 3.35. The molecule has 2 atom stereocenters. The van der Waals surface area contributed by atoms with Crippen molar-refractivity contribution in [3.05, 3.63) is 77.9 Å². The summed E-state index contributed by atoms with van der Waals surface area (Å²) in [6.07, 6.45) is 0. The topological polar surface area (TPSA) is 34.2 Å². The van der Waals surface area contributed by atoms with Gasteiger partial charge < -0.3 is 18.6 Å². The van der Waals surface area contributed by atoms with E-state index in [4.69, 9.17) is 13.7 Å². The second-order valence-electron chi connectivity index (χ2n) is 8.94. The first-order chi connectivity index (χ1) is 16.5. The number of methoxy groups -OCH3 is 2. The molecule has 3 aromatic carbocycles. The number of rotatable bonds is 8. The molecule has 1 aliphatic heterocycles. The molecule has 5 nitrogen and oxygen atoms in total. The predicted molar refractivity (Wildman–Crippen MR) is 140 cm³/mol. The summed E-state index contributed by atoms with van der Waals surface area (Å²) in [6, 6.07) is 23.8. The highest BCUT2D eigenvalue weighted by Gasteiger charge is 2.29. The summed E-state index contributed by atoms with van der Waals surface area (Å²) in [5.74, 6) is 2.41. The maximum Gasteiger partial charge on any atom is 0.161 e. The molecule has 6 heteroatoms. The van der Waals surface area contributed by atoms with Crippen molar-refractivity contribution < 1.29 is 13.7 Å². The molecule has 34 heavy (non-hydrogen) atoms. The van der Waals surface area contributed by atoms with Gasteiger partial charge in [-0.05, 0) is 74.9 Å². The van der Waals surface area contributed by atoms with Crippen molar-refractivity contribution in [1.82, 2.24) is 4.90 Å². The molecule has 0 bridgehead atoms. The molecule has 0 N–H and O–H groups in total. The SMILES string of the molecule is COc1ccc(CN2C(C)CN(c3ccc(OSc4ccc(C)cc4)cc3)CC2C)cc1OC. The largest absolute Gasteiger partial charge is 0.493 e. The number of benzene rings is 3. The third-order valence-corrected chi connectivity index (χ3v) is 7.11. The van der Waals surface area contributed by atoms with Crippen LogP contribution in [0.4, 0.5) is 5.69 Å². The normalized spacial score (nSPS) is 18.6. The minimum absolute atomic E-state index is 0.421. The van der Waals surface area contributed by atoms with Crippen molar-refractivity contribution in [1.29, 1.82) is 0 Å². The fraction of sp³-hybridized carbons (Fsp3) is 0.357. The molecule has 0 saturated carbocycles. The molecule has 0 radical (unpaired) electrons. The second kappa shape index (κ2) is 11.1. The van der Waals surface area contributed by atoms with E-state index in [2.05, 4.69) is 91.2 Å². The van der Waals surface area contributed by atoms with E-state index < -0.39 is 0 Å². The molecule has 2 unspecified atom stereocenters. The molecular weight excluding hydrogens is 444 g/mol. The van der Waals surface area contributed by atoms with Crippen LogP contribution in [0.25, 0.3) is 0 Å². The molecule has 4 rings (SSSR count). The maximum atomic E-state index is 5.91. The standard InChI is InChI=1S/C28H34N2O3S/c1-20-6-13-26(14-7-20)34-33-25-11-9-24(10-12-25)29-17-21(2)30(22(3)18-29)19-23-8-15-27(31-4)28(16-23)32-5/h6-16,21-22H,17-19H2,1-5H3. The lowest BCUT2D eigenvalue weighted by Crippen LogP contribution is -2.56. The van der Waals surface area contributed by atoms with E-state index >= 15 is 0 Å². The molecule has 1 heterocycles. The fourth-order valence-corrected chi connectivity index (χ4v) is 5.02. The summed E-state index contributed by atoms with van der Waals surface area (Å²) >= 11 is 1.39. The Morgan fingerprint density at radius 2 is 1.47 bits per heavy atom. The van der Waals surface area contributed by atoms with Crippen molar-refractivity contribution >= 4 is 17.7 Å². The van der Waals surface area contributed by atoms with Crippen LogP contribution in [0.3, 0.4) is 0 Å². The van der Waals surface area contributed by atoms with Gasteiger partial charge in [0.1, 0.15) is 5.75 Å². The van der Waals surface area contributed by atoms with Crippen LogP contribution in [0.2, 0.25) is 0 Å². The van der Waals surface area contributed by atoms with Crippen molar-refractivity contribution in [3.63, 3.8) is 0 Å². The van der Waals surface area contributed by atoms with E-state index in [1.165, 1.54) is 28.9 Å². The molecule has 3 aromatic rings. The minimum atomic E-state index is 0.421. The molecule has 0 aromatic heterocycles. The number of ether oxygens (including phenoxy) is 2. The Kier molecular flexibility index (Phi) is 7.91. The second-order valence-corrected chi connectivity index (χ2v) is 9.74. The highest BCUT2D eigenvalue weighted by atomic mass is 32.2. The summed E-state index contributed by atoms with van der Waals surface area (Å²) in [4.78, 5) is 6.13. The van der Waals surface area contributed by atoms with Gasteiger partial charge in [0.05, 0.1) is 26.3 Å². The third-order valence-electron chi connectivity index (χ3n) is 6.37. The Morgan fingerprint density at radius 3 is 2.09 bits per heavy atom. The minimum Gasteiger partial charge on any atom is -0.493 e. The van der Waals surface area contributed by atoms with E-state index in [0.29, 0.717) is 12.1 Å². The highest BCUT2D eigenvalue weighted by Crippen LogP contribution is 2.31. The first kappa shape index (κ1) is 24.3. The first-order valence-corrected chi connectivity index (χ1v) is 12.4. The lowest BCUT2D eigenvalue weighted by atomic mass is 10.0. The van der Waals surface area contributed by atoms with Crippen LogP contribution in [-0.2, 0) is 6.54 Å². The third kappa shape index (κ3) is 5.80. The zero-order valence-electron chi connectivity index (χ0n) is 20.7. The van der Waals surface area contributed by atoms with Gasteiger partial charge in [-0.2, -0.15) is 0 Å². The number of nitrogens with zero attached hydrogens (tertiary/aromatic N) is 2. The van der Waals surface area contributed by atoms with E-state index in [-0.39, 0.29) is 0 Å². The average molecular weight is 479 g/mol. The summed E-state index contributed by atoms with van der Waals surface area (Å²) in [5.41, 5.74) is 3.72. The van der Waals surface area contributed by atoms with Crippen LogP contribution in [0.1, 0.15) is 25.0 Å². The van der Waals surface area contributed by atoms with Crippen molar-refractivity contribution in [2.24, 2.45) is 0 Å². The molecule has 0 spiro atoms. The van der Waals surface area contributed by atoms with E-state index in [1.807, 2.05) is 6.07 Å². The summed E-state index contributed by atoms with van der Waals surface area (Å²) in [5, 5.41) is 0. The first-order valence-electron chi connectivity index (χ1n) is 11.7.